The fraction of sp³-hybridized carbons (Fsp3) is 0.375. The summed E-state index contributed by atoms with van der Waals surface area (Å²) in [5, 5.41) is 0.728. The van der Waals surface area contributed by atoms with Gasteiger partial charge in [0.15, 0.2) is 0 Å². The maximum atomic E-state index is 12.7. The lowest BCUT2D eigenvalue weighted by Crippen LogP contribution is -2.48. The molecule has 1 aliphatic rings. The van der Waals surface area contributed by atoms with Crippen molar-refractivity contribution in [3.63, 3.8) is 0 Å². The summed E-state index contributed by atoms with van der Waals surface area (Å²) >= 11 is 0. The molecule has 1 fully saturated rings. The Morgan fingerprint density at radius 2 is 2.05 bits per heavy atom. The summed E-state index contributed by atoms with van der Waals surface area (Å²) in [5.74, 6) is -0.357. The summed E-state index contributed by atoms with van der Waals surface area (Å²) < 4.78 is 10.8. The number of carbonyl (C=O) groups excluding carboxylic acids is 1. The summed E-state index contributed by atoms with van der Waals surface area (Å²) in [6, 6.07) is 8.72. The fourth-order valence-corrected chi connectivity index (χ4v) is 2.74. The Kier molecular flexibility index (Phi) is 3.10. The molecule has 0 saturated carbocycles. The van der Waals surface area contributed by atoms with Gasteiger partial charge in [-0.2, -0.15) is 0 Å². The van der Waals surface area contributed by atoms with E-state index >= 15 is 0 Å². The monoisotopic (exact) mass is 287 g/mol. The Balaban J connectivity index is 2.10. The van der Waals surface area contributed by atoms with Crippen molar-refractivity contribution < 1.29 is 13.9 Å². The number of nitrogens with zero attached hydrogens (tertiary/aromatic N) is 1. The number of hydrogen-bond acceptors (Lipinski definition) is 4. The highest BCUT2D eigenvalue weighted by atomic mass is 16.5. The maximum Gasteiger partial charge on any atom is 0.349 e. The van der Waals surface area contributed by atoms with Crippen LogP contribution in [0.4, 0.5) is 0 Å². The lowest BCUT2D eigenvalue weighted by Gasteiger charge is -2.31. The normalized spacial score (nSPS) is 20.9. The number of carbonyl (C=O) groups is 1. The molecule has 1 aliphatic heterocycles. The van der Waals surface area contributed by atoms with Gasteiger partial charge in [0.2, 0.25) is 0 Å². The van der Waals surface area contributed by atoms with Crippen LogP contribution in [0.25, 0.3) is 11.0 Å². The number of amides is 1. The molecule has 0 radical (unpaired) electrons. The number of hydrogen-bond donors (Lipinski definition) is 0. The van der Waals surface area contributed by atoms with Crippen LogP contribution in [-0.4, -0.2) is 29.2 Å². The molecule has 21 heavy (non-hydrogen) atoms. The minimum atomic E-state index is -0.617. The van der Waals surface area contributed by atoms with Crippen molar-refractivity contribution in [3.05, 3.63) is 46.3 Å². The van der Waals surface area contributed by atoms with Gasteiger partial charge in [0.25, 0.3) is 5.91 Å². The molecule has 5 nitrogen and oxygen atoms in total. The van der Waals surface area contributed by atoms with E-state index in [0.717, 1.165) is 5.39 Å². The van der Waals surface area contributed by atoms with E-state index in [9.17, 15) is 9.59 Å². The van der Waals surface area contributed by atoms with Crippen molar-refractivity contribution in [2.24, 2.45) is 0 Å². The molecule has 1 aromatic carbocycles. The van der Waals surface area contributed by atoms with E-state index in [1.807, 2.05) is 26.0 Å². The Morgan fingerprint density at radius 3 is 2.71 bits per heavy atom. The van der Waals surface area contributed by atoms with Crippen LogP contribution in [0.2, 0.25) is 0 Å². The van der Waals surface area contributed by atoms with Crippen molar-refractivity contribution in [2.75, 3.05) is 6.61 Å². The van der Waals surface area contributed by atoms with Gasteiger partial charge in [0, 0.05) is 5.39 Å². The Morgan fingerprint density at radius 1 is 1.33 bits per heavy atom. The summed E-state index contributed by atoms with van der Waals surface area (Å²) in [5.41, 5.74) is -0.550. The summed E-state index contributed by atoms with van der Waals surface area (Å²) in [6.45, 7) is 6.07. The molecule has 1 atom stereocenters. The van der Waals surface area contributed by atoms with E-state index in [2.05, 4.69) is 0 Å². The predicted molar refractivity (Wildman–Crippen MR) is 78.1 cm³/mol. The third-order valence-electron chi connectivity index (χ3n) is 3.78. The molecular formula is C16H17NO4. The van der Waals surface area contributed by atoms with Crippen molar-refractivity contribution in [3.8, 4) is 0 Å². The number of para-hydroxylation sites is 1. The van der Waals surface area contributed by atoms with Crippen molar-refractivity contribution in [1.29, 1.82) is 0 Å². The summed E-state index contributed by atoms with van der Waals surface area (Å²) in [4.78, 5) is 26.4. The quantitative estimate of drug-likeness (QED) is 0.756. The topological polar surface area (TPSA) is 59.8 Å². The molecule has 2 aromatic rings. The van der Waals surface area contributed by atoms with Crippen LogP contribution in [0.5, 0.6) is 0 Å². The van der Waals surface area contributed by atoms with Crippen molar-refractivity contribution in [1.82, 2.24) is 4.90 Å². The fourth-order valence-electron chi connectivity index (χ4n) is 2.74. The lowest BCUT2D eigenvalue weighted by atomic mass is 10.0. The highest BCUT2D eigenvalue weighted by molar-refractivity contribution is 5.97. The maximum absolute atomic E-state index is 12.7. The van der Waals surface area contributed by atoms with E-state index in [4.69, 9.17) is 9.15 Å². The Bertz CT molecular complexity index is 762. The average Bonchev–Trinajstić information content (AvgIpc) is 2.71. The van der Waals surface area contributed by atoms with E-state index in [0.29, 0.717) is 12.2 Å². The Labute approximate surface area is 122 Å². The molecule has 1 unspecified atom stereocenters. The van der Waals surface area contributed by atoms with E-state index < -0.39 is 11.2 Å². The smallest absolute Gasteiger partial charge is 0.349 e. The van der Waals surface area contributed by atoms with Crippen molar-refractivity contribution >= 4 is 16.9 Å². The number of fused-ring (bicyclic) bond motifs is 1. The average molecular weight is 287 g/mol. The number of ether oxygens (including phenoxy) is 1. The zero-order chi connectivity index (χ0) is 15.2. The minimum Gasteiger partial charge on any atom is -0.422 e. The molecule has 5 heteroatoms. The van der Waals surface area contributed by atoms with Gasteiger partial charge in [-0.05, 0) is 32.9 Å². The van der Waals surface area contributed by atoms with Crippen LogP contribution in [0.1, 0.15) is 31.1 Å². The second kappa shape index (κ2) is 4.70. The van der Waals surface area contributed by atoms with Gasteiger partial charge in [-0.1, -0.05) is 18.2 Å². The number of rotatable bonds is 1. The van der Waals surface area contributed by atoms with Crippen molar-refractivity contribution in [2.45, 2.75) is 32.5 Å². The minimum absolute atomic E-state index is 0.0409. The van der Waals surface area contributed by atoms with E-state index in [-0.39, 0.29) is 17.7 Å². The number of benzene rings is 1. The molecule has 0 spiro atoms. The largest absolute Gasteiger partial charge is 0.422 e. The van der Waals surface area contributed by atoms with Gasteiger partial charge in [-0.15, -0.1) is 0 Å². The first-order valence-corrected chi connectivity index (χ1v) is 6.88. The van der Waals surface area contributed by atoms with Gasteiger partial charge in [0.1, 0.15) is 17.4 Å². The SMILES string of the molecule is CC1OCC(C)(C)N1C(=O)c1cc2ccccc2oc1=O. The molecular weight excluding hydrogens is 270 g/mol. The van der Waals surface area contributed by atoms with Gasteiger partial charge in [-0.3, -0.25) is 4.79 Å². The van der Waals surface area contributed by atoms with Gasteiger partial charge in [-0.25, -0.2) is 4.79 Å². The van der Waals surface area contributed by atoms with Crippen LogP contribution in [0.15, 0.2) is 39.5 Å². The Hall–Kier alpha value is -2.14. The molecule has 3 rings (SSSR count). The van der Waals surface area contributed by atoms with Gasteiger partial charge in [0.05, 0.1) is 12.1 Å². The molecule has 0 N–H and O–H groups in total. The molecule has 110 valence electrons. The predicted octanol–water partition coefficient (Wildman–Crippen LogP) is 2.39. The lowest BCUT2D eigenvalue weighted by molar-refractivity contribution is 0.0304. The van der Waals surface area contributed by atoms with Crippen LogP contribution in [-0.2, 0) is 4.74 Å². The first kappa shape index (κ1) is 13.8. The highest BCUT2D eigenvalue weighted by Gasteiger charge is 2.42. The second-order valence-corrected chi connectivity index (χ2v) is 5.88. The van der Waals surface area contributed by atoms with Gasteiger partial charge < -0.3 is 14.1 Å². The van der Waals surface area contributed by atoms with E-state index in [1.54, 1.807) is 30.0 Å². The zero-order valence-electron chi connectivity index (χ0n) is 12.3. The third-order valence-corrected chi connectivity index (χ3v) is 3.78. The molecule has 1 saturated heterocycles. The summed E-state index contributed by atoms with van der Waals surface area (Å²) in [7, 11) is 0. The molecule has 0 bridgehead atoms. The molecule has 0 aliphatic carbocycles. The molecule has 1 amide bonds. The molecule has 2 heterocycles. The highest BCUT2D eigenvalue weighted by Crippen LogP contribution is 2.28. The van der Waals surface area contributed by atoms with Crippen LogP contribution >= 0.6 is 0 Å². The van der Waals surface area contributed by atoms with Crippen LogP contribution in [0.3, 0.4) is 0 Å². The first-order valence-electron chi connectivity index (χ1n) is 6.88. The van der Waals surface area contributed by atoms with Crippen LogP contribution < -0.4 is 5.63 Å². The standard InChI is InChI=1S/C16H17NO4/c1-10-17(16(2,3)9-20-10)14(18)12-8-11-6-4-5-7-13(11)21-15(12)19/h4-8,10H,9H2,1-3H3. The summed E-state index contributed by atoms with van der Waals surface area (Å²) in [6.07, 6.45) is -0.363. The third kappa shape index (κ3) is 2.23. The van der Waals surface area contributed by atoms with E-state index in [1.165, 1.54) is 0 Å². The first-order chi connectivity index (χ1) is 9.90. The second-order valence-electron chi connectivity index (χ2n) is 5.88. The van der Waals surface area contributed by atoms with Crippen LogP contribution in [0, 0.1) is 0 Å². The zero-order valence-corrected chi connectivity index (χ0v) is 12.3. The van der Waals surface area contributed by atoms with Gasteiger partial charge >= 0.3 is 5.63 Å². The molecule has 1 aromatic heterocycles.